The third kappa shape index (κ3) is 11.1. The molecule has 7 heteroatoms. The van der Waals surface area contributed by atoms with Gasteiger partial charge in [0, 0.05) is 36.6 Å². The van der Waals surface area contributed by atoms with E-state index in [1.165, 1.54) is 63.8 Å². The zero-order valence-corrected chi connectivity index (χ0v) is 30.8. The molecule has 0 saturated carbocycles. The Morgan fingerprint density at radius 3 is 1.43 bits per heavy atom. The van der Waals surface area contributed by atoms with Crippen LogP contribution in [0.15, 0.2) is 158 Å². The van der Waals surface area contributed by atoms with Crippen LogP contribution in [0.3, 0.4) is 0 Å². The van der Waals surface area contributed by atoms with Crippen molar-refractivity contribution in [2.75, 3.05) is 17.7 Å². The molecule has 0 unspecified atom stereocenters. The van der Waals surface area contributed by atoms with E-state index in [1.807, 2.05) is 72.8 Å². The summed E-state index contributed by atoms with van der Waals surface area (Å²) in [5.74, 6) is -0.922. The minimum Gasteiger partial charge on any atom is -0.466 e. The van der Waals surface area contributed by atoms with Gasteiger partial charge in [-0.05, 0) is 93.8 Å². The first-order valence-corrected chi connectivity index (χ1v) is 17.7. The Labute approximate surface area is 317 Å². The summed E-state index contributed by atoms with van der Waals surface area (Å²) < 4.78 is 4.66. The van der Waals surface area contributed by atoms with E-state index in [-0.39, 0.29) is 5.97 Å². The van der Waals surface area contributed by atoms with Gasteiger partial charge < -0.3 is 15.4 Å². The first-order chi connectivity index (χ1) is 26.3. The van der Waals surface area contributed by atoms with Crippen LogP contribution in [0.2, 0.25) is 0 Å². The molecule has 54 heavy (non-hydrogen) atoms. The van der Waals surface area contributed by atoms with Gasteiger partial charge in [0.05, 0.1) is 7.11 Å². The largest absolute Gasteiger partial charge is 0.466 e. The molecule has 0 aliphatic heterocycles. The number of ether oxygens (including phenoxy) is 1. The van der Waals surface area contributed by atoms with E-state index in [0.717, 1.165) is 22.5 Å². The molecule has 0 radical (unpaired) electrons. The summed E-state index contributed by atoms with van der Waals surface area (Å²) in [5.41, 5.74) is 15.1. The standard InChI is InChI=1S/C24H23NO2.C23H22N2O2/c1-18-16-19(12-14-22(18)20-8-4-3-5-9-20)17-25-23-11-7-6-10-21(23)13-15-24(26)27-2;1-17-15-18(11-13-21(17)19-7-3-2-4-8-19)16-24-22-10-6-5-9-20(22)12-14-23(26)25-27/h3-16,25H,17H2,1-2H3;2-15,24,27H,16H2,1H3,(H,25,26)/b15-13+;14-12+. The van der Waals surface area contributed by atoms with Crippen molar-refractivity contribution in [3.8, 4) is 22.3 Å². The van der Waals surface area contributed by atoms with Crippen LogP contribution in [0.5, 0.6) is 0 Å². The molecule has 6 aromatic rings. The molecule has 0 aliphatic carbocycles. The molecule has 0 atom stereocenters. The lowest BCUT2D eigenvalue weighted by Crippen LogP contribution is -2.14. The van der Waals surface area contributed by atoms with Gasteiger partial charge in [-0.3, -0.25) is 10.0 Å². The number of aryl methyl sites for hydroxylation is 2. The molecule has 0 aromatic heterocycles. The van der Waals surface area contributed by atoms with Crippen LogP contribution in [0.4, 0.5) is 11.4 Å². The van der Waals surface area contributed by atoms with Gasteiger partial charge in [-0.25, -0.2) is 10.3 Å². The van der Waals surface area contributed by atoms with E-state index in [9.17, 15) is 9.59 Å². The number of carbonyl (C=O) groups is 2. The van der Waals surface area contributed by atoms with Crippen molar-refractivity contribution in [2.24, 2.45) is 0 Å². The Morgan fingerprint density at radius 1 is 0.574 bits per heavy atom. The Kier molecular flexibility index (Phi) is 14.1. The van der Waals surface area contributed by atoms with Crippen LogP contribution in [0.1, 0.15) is 33.4 Å². The lowest BCUT2D eigenvalue weighted by molar-refractivity contribution is -0.134. The van der Waals surface area contributed by atoms with Gasteiger partial charge in [-0.2, -0.15) is 0 Å². The number of benzene rings is 6. The SMILES string of the molecule is COC(=O)/C=C/c1ccccc1NCc1ccc(-c2ccccc2)c(C)c1.Cc1cc(CNc2ccccc2/C=C/C(=O)NO)ccc1-c1ccccc1. The molecule has 1 amide bonds. The maximum Gasteiger partial charge on any atom is 0.330 e. The lowest BCUT2D eigenvalue weighted by Gasteiger charge is -2.12. The molecule has 0 heterocycles. The molecule has 0 fully saturated rings. The zero-order chi connectivity index (χ0) is 38.1. The van der Waals surface area contributed by atoms with Gasteiger partial charge in [-0.15, -0.1) is 0 Å². The van der Waals surface area contributed by atoms with Crippen molar-refractivity contribution in [3.05, 3.63) is 191 Å². The highest BCUT2D eigenvalue weighted by Gasteiger charge is 2.06. The minimum atomic E-state index is -0.558. The zero-order valence-electron chi connectivity index (χ0n) is 30.8. The van der Waals surface area contributed by atoms with Crippen LogP contribution in [-0.2, 0) is 27.4 Å². The Bertz CT molecular complexity index is 2050. The summed E-state index contributed by atoms with van der Waals surface area (Å²) in [7, 11) is 1.37. The monoisotopic (exact) mass is 715 g/mol. The molecule has 6 rings (SSSR count). The third-order valence-electron chi connectivity index (χ3n) is 8.76. The van der Waals surface area contributed by atoms with Crippen molar-refractivity contribution in [2.45, 2.75) is 26.9 Å². The number of esters is 1. The van der Waals surface area contributed by atoms with E-state index in [4.69, 9.17) is 5.21 Å². The summed E-state index contributed by atoms with van der Waals surface area (Å²) >= 11 is 0. The molecule has 272 valence electrons. The number of nitrogens with one attached hydrogen (secondary N) is 3. The number of methoxy groups -OCH3 is 1. The van der Waals surface area contributed by atoms with Gasteiger partial charge in [0.25, 0.3) is 5.91 Å². The first-order valence-electron chi connectivity index (χ1n) is 17.7. The van der Waals surface area contributed by atoms with Crippen molar-refractivity contribution in [1.82, 2.24) is 5.48 Å². The molecule has 7 nitrogen and oxygen atoms in total. The smallest absolute Gasteiger partial charge is 0.330 e. The van der Waals surface area contributed by atoms with Crippen LogP contribution in [0.25, 0.3) is 34.4 Å². The molecule has 6 aromatic carbocycles. The molecule has 0 aliphatic rings. The van der Waals surface area contributed by atoms with Crippen molar-refractivity contribution in [1.29, 1.82) is 0 Å². The van der Waals surface area contributed by atoms with Crippen molar-refractivity contribution < 1.29 is 19.5 Å². The van der Waals surface area contributed by atoms with Crippen LogP contribution < -0.4 is 16.1 Å². The maximum absolute atomic E-state index is 11.3. The summed E-state index contributed by atoms with van der Waals surface area (Å²) in [5, 5.41) is 15.5. The first kappa shape index (κ1) is 38.5. The predicted octanol–water partition coefficient (Wildman–Crippen LogP) is 10.3. The molecule has 4 N–H and O–H groups in total. The molecule has 0 bridgehead atoms. The van der Waals surface area contributed by atoms with Crippen molar-refractivity contribution in [3.63, 3.8) is 0 Å². The van der Waals surface area contributed by atoms with Crippen LogP contribution in [-0.4, -0.2) is 24.2 Å². The summed E-state index contributed by atoms with van der Waals surface area (Å²) in [6, 6.07) is 49.3. The fraction of sp³-hybridized carbons (Fsp3) is 0.106. The average molecular weight is 716 g/mol. The predicted molar refractivity (Wildman–Crippen MR) is 221 cm³/mol. The average Bonchev–Trinajstić information content (AvgIpc) is 3.21. The summed E-state index contributed by atoms with van der Waals surface area (Å²) in [6.07, 6.45) is 6.15. The normalized spacial score (nSPS) is 10.7. The molecular formula is C47H45N3O4. The van der Waals surface area contributed by atoms with E-state index >= 15 is 0 Å². The molecular weight excluding hydrogens is 671 g/mol. The number of hydrogen-bond donors (Lipinski definition) is 4. The number of para-hydroxylation sites is 2. The second-order valence-electron chi connectivity index (χ2n) is 12.6. The molecule has 0 saturated heterocycles. The maximum atomic E-state index is 11.3. The van der Waals surface area contributed by atoms with Gasteiger partial charge in [-0.1, -0.05) is 133 Å². The van der Waals surface area contributed by atoms with Crippen LogP contribution >= 0.6 is 0 Å². The molecule has 0 spiro atoms. The van der Waals surface area contributed by atoms with E-state index < -0.39 is 5.91 Å². The summed E-state index contributed by atoms with van der Waals surface area (Å²) in [6.45, 7) is 5.64. The Balaban J connectivity index is 0.000000208. The highest BCUT2D eigenvalue weighted by Crippen LogP contribution is 2.26. The number of anilines is 2. The number of hydroxylamine groups is 1. The van der Waals surface area contributed by atoms with E-state index in [2.05, 4.69) is 102 Å². The van der Waals surface area contributed by atoms with Gasteiger partial charge >= 0.3 is 5.97 Å². The second kappa shape index (κ2) is 19.8. The van der Waals surface area contributed by atoms with E-state index in [0.29, 0.717) is 13.1 Å². The Hall–Kier alpha value is -6.70. The highest BCUT2D eigenvalue weighted by atomic mass is 16.5. The number of hydrogen-bond acceptors (Lipinski definition) is 6. The minimum absolute atomic E-state index is 0.364. The van der Waals surface area contributed by atoms with E-state index in [1.54, 1.807) is 17.6 Å². The fourth-order valence-corrected chi connectivity index (χ4v) is 5.98. The van der Waals surface area contributed by atoms with Gasteiger partial charge in [0.15, 0.2) is 0 Å². The Morgan fingerprint density at radius 2 is 1.00 bits per heavy atom. The lowest BCUT2D eigenvalue weighted by atomic mass is 9.98. The van der Waals surface area contributed by atoms with Crippen LogP contribution in [0, 0.1) is 13.8 Å². The van der Waals surface area contributed by atoms with Crippen molar-refractivity contribution >= 4 is 35.4 Å². The second-order valence-corrected chi connectivity index (χ2v) is 12.6. The number of rotatable bonds is 12. The topological polar surface area (TPSA) is 99.7 Å². The summed E-state index contributed by atoms with van der Waals surface area (Å²) in [4.78, 5) is 22.5. The third-order valence-corrected chi connectivity index (χ3v) is 8.76. The van der Waals surface area contributed by atoms with Gasteiger partial charge in [0.2, 0.25) is 0 Å². The highest BCUT2D eigenvalue weighted by molar-refractivity contribution is 5.92. The fourth-order valence-electron chi connectivity index (χ4n) is 5.98. The number of carbonyl (C=O) groups excluding carboxylic acids is 2. The van der Waals surface area contributed by atoms with Gasteiger partial charge in [0.1, 0.15) is 0 Å². The quantitative estimate of drug-likeness (QED) is 0.0436. The number of amides is 1.